The Morgan fingerprint density at radius 1 is 1.08 bits per heavy atom. The molecule has 1 saturated heterocycles. The number of aromatic nitrogens is 4. The molecule has 0 aliphatic carbocycles. The van der Waals surface area contributed by atoms with Gasteiger partial charge in [-0.15, -0.1) is 0 Å². The van der Waals surface area contributed by atoms with E-state index in [1.165, 1.54) is 6.92 Å². The van der Waals surface area contributed by atoms with Crippen molar-refractivity contribution in [3.63, 3.8) is 0 Å². The van der Waals surface area contributed by atoms with Gasteiger partial charge in [-0.2, -0.15) is 5.10 Å². The molecule has 1 aliphatic heterocycles. The number of nitrogens with zero attached hydrogens (tertiary/aromatic N) is 5. The highest BCUT2D eigenvalue weighted by atomic mass is 16.5. The zero-order valence-electron chi connectivity index (χ0n) is 20.4. The van der Waals surface area contributed by atoms with Crippen molar-refractivity contribution in [1.82, 2.24) is 19.7 Å². The van der Waals surface area contributed by atoms with E-state index in [4.69, 9.17) is 9.15 Å². The molecule has 37 heavy (non-hydrogen) atoms. The zero-order chi connectivity index (χ0) is 25.5. The van der Waals surface area contributed by atoms with E-state index < -0.39 is 5.63 Å². The Hall–Kier alpha value is -4.57. The topological polar surface area (TPSA) is 115 Å². The summed E-state index contributed by atoms with van der Waals surface area (Å²) in [6.45, 7) is 3.61. The molecule has 0 spiro atoms. The van der Waals surface area contributed by atoms with E-state index in [0.717, 1.165) is 22.2 Å². The normalized spacial score (nSPS) is 13.8. The zero-order valence-corrected chi connectivity index (χ0v) is 20.4. The van der Waals surface area contributed by atoms with Crippen LogP contribution in [-0.4, -0.2) is 51.8 Å². The summed E-state index contributed by atoms with van der Waals surface area (Å²) in [5, 5.41) is 9.34. The maximum atomic E-state index is 12.8. The highest BCUT2D eigenvalue weighted by Gasteiger charge is 2.24. The number of hydrogen-bond acceptors (Lipinski definition) is 9. The number of anilines is 3. The molecule has 3 aromatic heterocycles. The second-order valence-corrected chi connectivity index (χ2v) is 8.95. The van der Waals surface area contributed by atoms with Crippen LogP contribution in [0.2, 0.25) is 0 Å². The fourth-order valence-electron chi connectivity index (χ4n) is 4.71. The largest absolute Gasteiger partial charge is 0.422 e. The van der Waals surface area contributed by atoms with Crippen LogP contribution in [-0.2, 0) is 11.8 Å². The van der Waals surface area contributed by atoms with Crippen LogP contribution in [0.5, 0.6) is 0 Å². The van der Waals surface area contributed by atoms with Crippen LogP contribution in [0.25, 0.3) is 33.1 Å². The van der Waals surface area contributed by atoms with Gasteiger partial charge in [0.1, 0.15) is 11.1 Å². The lowest BCUT2D eigenvalue weighted by Gasteiger charge is -2.30. The Labute approximate surface area is 211 Å². The average molecular weight is 497 g/mol. The van der Waals surface area contributed by atoms with Gasteiger partial charge in [-0.25, -0.2) is 14.8 Å². The summed E-state index contributed by atoms with van der Waals surface area (Å²) in [4.78, 5) is 36.2. The minimum atomic E-state index is -0.650. The Balaban J connectivity index is 1.35. The molecule has 6 rings (SSSR count). The molecule has 186 valence electrons. The standard InChI is InChI=1S/C27H24N6O4/c1-16(34)24-25(33-9-11-36-12-10-33)20-5-4-19(14-23(20)37-26(24)35)29-27-28-8-7-21(30-27)17-3-6-22-18(13-17)15-32(2)31-22/h3-8,13-15H,9-12H2,1-2H3,(H,28,29,30). The van der Waals surface area contributed by atoms with Crippen LogP contribution in [0.4, 0.5) is 17.3 Å². The van der Waals surface area contributed by atoms with E-state index in [1.54, 1.807) is 16.9 Å². The number of aryl methyl sites for hydroxylation is 1. The number of ether oxygens (including phenoxy) is 1. The van der Waals surface area contributed by atoms with Crippen LogP contribution in [0.3, 0.4) is 0 Å². The third-order valence-corrected chi connectivity index (χ3v) is 6.39. The Bertz CT molecular complexity index is 1720. The van der Waals surface area contributed by atoms with Crippen molar-refractivity contribution in [2.45, 2.75) is 6.92 Å². The van der Waals surface area contributed by atoms with E-state index in [-0.39, 0.29) is 11.3 Å². The van der Waals surface area contributed by atoms with Crippen molar-refractivity contribution >= 4 is 45.0 Å². The smallest absolute Gasteiger partial charge is 0.349 e. The maximum absolute atomic E-state index is 12.8. The molecule has 0 radical (unpaired) electrons. The van der Waals surface area contributed by atoms with E-state index in [0.29, 0.717) is 54.6 Å². The summed E-state index contributed by atoms with van der Waals surface area (Å²) >= 11 is 0. The SMILES string of the molecule is CC(=O)c1c(N2CCOCC2)c2ccc(Nc3nccc(-c4ccc5nn(C)cc5c4)n3)cc2oc1=O. The van der Waals surface area contributed by atoms with Gasteiger partial charge >= 0.3 is 5.63 Å². The van der Waals surface area contributed by atoms with Crippen molar-refractivity contribution in [3.8, 4) is 11.3 Å². The molecule has 0 unspecified atom stereocenters. The number of rotatable bonds is 5. The first kappa shape index (κ1) is 22.9. The molecule has 10 heteroatoms. The summed E-state index contributed by atoms with van der Waals surface area (Å²) in [7, 11) is 1.89. The average Bonchev–Trinajstić information content (AvgIpc) is 3.27. The molecule has 4 heterocycles. The molecule has 5 aromatic rings. The van der Waals surface area contributed by atoms with Crippen LogP contribution < -0.4 is 15.8 Å². The molecule has 1 N–H and O–H groups in total. The van der Waals surface area contributed by atoms with Crippen LogP contribution >= 0.6 is 0 Å². The molecule has 1 aliphatic rings. The molecular weight excluding hydrogens is 472 g/mol. The van der Waals surface area contributed by atoms with Crippen LogP contribution in [0, 0.1) is 0 Å². The highest BCUT2D eigenvalue weighted by Crippen LogP contribution is 2.32. The fourth-order valence-corrected chi connectivity index (χ4v) is 4.71. The Morgan fingerprint density at radius 2 is 1.92 bits per heavy atom. The van der Waals surface area contributed by atoms with Crippen molar-refractivity contribution < 1.29 is 13.9 Å². The number of morpholine rings is 1. The van der Waals surface area contributed by atoms with Crippen molar-refractivity contribution in [2.75, 3.05) is 36.5 Å². The Kier molecular flexibility index (Phi) is 5.65. The second kappa shape index (κ2) is 9.14. The minimum Gasteiger partial charge on any atom is -0.422 e. The number of fused-ring (bicyclic) bond motifs is 2. The Morgan fingerprint density at radius 3 is 2.73 bits per heavy atom. The van der Waals surface area contributed by atoms with Gasteiger partial charge in [0.2, 0.25) is 5.95 Å². The molecule has 2 aromatic carbocycles. The van der Waals surface area contributed by atoms with Gasteiger partial charge in [0.25, 0.3) is 0 Å². The first-order valence-corrected chi connectivity index (χ1v) is 11.9. The third kappa shape index (κ3) is 4.31. The van der Waals surface area contributed by atoms with E-state index in [2.05, 4.69) is 20.4 Å². The second-order valence-electron chi connectivity index (χ2n) is 8.95. The lowest BCUT2D eigenvalue weighted by Crippen LogP contribution is -2.38. The molecule has 0 atom stereocenters. The number of Topliss-reactive ketones (excluding diaryl/α,β-unsaturated/α-hetero) is 1. The molecule has 0 bridgehead atoms. The predicted octanol–water partition coefficient (Wildman–Crippen LogP) is 3.92. The number of ketones is 1. The molecule has 10 nitrogen and oxygen atoms in total. The molecule has 0 amide bonds. The van der Waals surface area contributed by atoms with Gasteiger partial charge in [-0.1, -0.05) is 6.07 Å². The summed E-state index contributed by atoms with van der Waals surface area (Å²) in [5.74, 6) is 0.0771. The van der Waals surface area contributed by atoms with Gasteiger partial charge < -0.3 is 19.4 Å². The van der Waals surface area contributed by atoms with E-state index in [9.17, 15) is 9.59 Å². The van der Waals surface area contributed by atoms with Gasteiger partial charge in [-0.3, -0.25) is 9.48 Å². The lowest BCUT2D eigenvalue weighted by atomic mass is 10.1. The number of benzene rings is 2. The van der Waals surface area contributed by atoms with Crippen LogP contribution in [0.15, 0.2) is 64.1 Å². The van der Waals surface area contributed by atoms with Gasteiger partial charge in [0.15, 0.2) is 5.78 Å². The summed E-state index contributed by atoms with van der Waals surface area (Å²) in [6.07, 6.45) is 3.65. The quantitative estimate of drug-likeness (QED) is 0.285. The number of carbonyl (C=O) groups excluding carboxylic acids is 1. The third-order valence-electron chi connectivity index (χ3n) is 6.39. The van der Waals surface area contributed by atoms with Crippen molar-refractivity contribution in [1.29, 1.82) is 0 Å². The van der Waals surface area contributed by atoms with Gasteiger partial charge in [0, 0.05) is 60.6 Å². The maximum Gasteiger partial charge on any atom is 0.349 e. The van der Waals surface area contributed by atoms with Gasteiger partial charge in [-0.05, 0) is 37.3 Å². The van der Waals surface area contributed by atoms with Crippen molar-refractivity contribution in [3.05, 3.63) is 70.8 Å². The molecular formula is C27H24N6O4. The number of carbonyl (C=O) groups is 1. The van der Waals surface area contributed by atoms with Gasteiger partial charge in [0.05, 0.1) is 30.1 Å². The molecule has 0 saturated carbocycles. The number of hydrogen-bond donors (Lipinski definition) is 1. The van der Waals surface area contributed by atoms with E-state index in [1.807, 2.05) is 54.5 Å². The van der Waals surface area contributed by atoms with E-state index >= 15 is 0 Å². The fraction of sp³-hybridized carbons (Fsp3) is 0.222. The summed E-state index contributed by atoms with van der Waals surface area (Å²) < 4.78 is 12.8. The first-order chi connectivity index (χ1) is 18.0. The lowest BCUT2D eigenvalue weighted by molar-refractivity contribution is 0.101. The van der Waals surface area contributed by atoms with Crippen molar-refractivity contribution in [2.24, 2.45) is 7.05 Å². The highest BCUT2D eigenvalue weighted by molar-refractivity contribution is 6.07. The molecule has 1 fully saturated rings. The monoisotopic (exact) mass is 496 g/mol. The predicted molar refractivity (Wildman–Crippen MR) is 141 cm³/mol. The summed E-state index contributed by atoms with van der Waals surface area (Å²) in [5.41, 5.74) is 3.66. The minimum absolute atomic E-state index is 0.0664. The van der Waals surface area contributed by atoms with Crippen LogP contribution in [0.1, 0.15) is 17.3 Å². The number of nitrogens with one attached hydrogen (secondary N) is 1. The first-order valence-electron chi connectivity index (χ1n) is 11.9. The summed E-state index contributed by atoms with van der Waals surface area (Å²) in [6, 6.07) is 13.3.